The Balaban J connectivity index is 2.59. The summed E-state index contributed by atoms with van der Waals surface area (Å²) in [6, 6.07) is 0. The molecule has 0 amide bonds. The number of nitrogens with zero attached hydrogens (tertiary/aromatic N) is 4. The van der Waals surface area contributed by atoms with Gasteiger partial charge in [0, 0.05) is 45.5 Å². The third-order valence-corrected chi connectivity index (χ3v) is 4.43. The van der Waals surface area contributed by atoms with E-state index in [0.29, 0.717) is 0 Å². The van der Waals surface area contributed by atoms with Crippen LogP contribution in [0.4, 0.5) is 0 Å². The van der Waals surface area contributed by atoms with E-state index in [1.165, 1.54) is 36.2 Å². The Kier molecular flexibility index (Phi) is 9.20. The number of hydrogen-bond acceptors (Lipinski definition) is 2. The van der Waals surface area contributed by atoms with Gasteiger partial charge in [-0.15, -0.1) is 6.58 Å². The van der Waals surface area contributed by atoms with Gasteiger partial charge < -0.3 is 10.2 Å². The minimum Gasteiger partial charge on any atom is -0.352 e. The summed E-state index contributed by atoms with van der Waals surface area (Å²) in [5, 5.41) is 8.15. The van der Waals surface area contributed by atoms with Gasteiger partial charge in [0.05, 0.1) is 5.69 Å². The normalized spacial score (nSPS) is 11.6. The third kappa shape index (κ3) is 5.69. The summed E-state index contributed by atoms with van der Waals surface area (Å²) < 4.78 is 2.02. The van der Waals surface area contributed by atoms with Gasteiger partial charge in [-0.2, -0.15) is 5.10 Å². The maximum absolute atomic E-state index is 4.64. The number of hydrogen-bond donors (Lipinski definition) is 1. The fourth-order valence-electron chi connectivity index (χ4n) is 3.07. The average Bonchev–Trinajstić information content (AvgIpc) is 2.90. The first kappa shape index (κ1) is 20.3. The minimum absolute atomic E-state index is 0.785. The molecule has 1 aromatic heterocycles. The second-order valence-corrected chi connectivity index (χ2v) is 6.16. The van der Waals surface area contributed by atoms with Crippen molar-refractivity contribution >= 4 is 5.96 Å². The molecule has 24 heavy (non-hydrogen) atoms. The Morgan fingerprint density at radius 1 is 1.29 bits per heavy atom. The number of rotatable bonds is 10. The van der Waals surface area contributed by atoms with Crippen LogP contribution in [0.15, 0.2) is 17.6 Å². The van der Waals surface area contributed by atoms with Crippen LogP contribution < -0.4 is 5.32 Å². The molecule has 0 bridgehead atoms. The molecule has 0 spiro atoms. The highest BCUT2D eigenvalue weighted by Gasteiger charge is 2.14. The molecule has 0 aliphatic heterocycles. The molecule has 1 heterocycles. The first-order chi connectivity index (χ1) is 11.6. The van der Waals surface area contributed by atoms with Crippen LogP contribution in [0, 0.1) is 0 Å². The molecular formula is C19H35N5. The van der Waals surface area contributed by atoms with Crippen molar-refractivity contribution in [3.05, 3.63) is 29.6 Å². The third-order valence-electron chi connectivity index (χ3n) is 4.43. The number of aliphatic imine (C=N–C) groups is 1. The monoisotopic (exact) mass is 333 g/mol. The number of nitrogens with one attached hydrogen (secondary N) is 1. The highest BCUT2D eigenvalue weighted by Crippen LogP contribution is 2.15. The maximum Gasteiger partial charge on any atom is 0.193 e. The number of guanidine groups is 1. The van der Waals surface area contributed by atoms with Crippen LogP contribution in [0.2, 0.25) is 0 Å². The zero-order valence-corrected chi connectivity index (χ0v) is 16.2. The fraction of sp³-hybridized carbons (Fsp3) is 0.684. The molecule has 0 aliphatic rings. The molecule has 1 aromatic rings. The molecular weight excluding hydrogens is 298 g/mol. The van der Waals surface area contributed by atoms with Crippen LogP contribution >= 0.6 is 0 Å². The van der Waals surface area contributed by atoms with E-state index >= 15 is 0 Å². The van der Waals surface area contributed by atoms with Gasteiger partial charge in [-0.1, -0.05) is 26.3 Å². The standard InChI is InChI=1S/C19H35N5/c1-7-10-11-12-13-14-23(5)19(20-4)21-15-16-17(8-2)22-24(6)18(16)9-3/h7H,1,8-15H2,2-6H3,(H,20,21). The van der Waals surface area contributed by atoms with Crippen molar-refractivity contribution in [1.29, 1.82) is 0 Å². The molecule has 5 heteroatoms. The van der Waals surface area contributed by atoms with E-state index in [2.05, 4.69) is 47.8 Å². The van der Waals surface area contributed by atoms with Gasteiger partial charge in [0.1, 0.15) is 0 Å². The summed E-state index contributed by atoms with van der Waals surface area (Å²) in [6.07, 6.45) is 8.69. The van der Waals surface area contributed by atoms with Gasteiger partial charge in [0.15, 0.2) is 5.96 Å². The van der Waals surface area contributed by atoms with Crippen molar-refractivity contribution in [2.75, 3.05) is 20.6 Å². The predicted octanol–water partition coefficient (Wildman–Crippen LogP) is 3.30. The van der Waals surface area contributed by atoms with Crippen LogP contribution in [-0.4, -0.2) is 41.3 Å². The molecule has 0 atom stereocenters. The summed E-state index contributed by atoms with van der Waals surface area (Å²) in [5.41, 5.74) is 3.81. The second-order valence-electron chi connectivity index (χ2n) is 6.16. The van der Waals surface area contributed by atoms with Gasteiger partial charge in [0.2, 0.25) is 0 Å². The topological polar surface area (TPSA) is 45.4 Å². The summed E-state index contributed by atoms with van der Waals surface area (Å²) >= 11 is 0. The highest BCUT2D eigenvalue weighted by molar-refractivity contribution is 5.79. The van der Waals surface area contributed by atoms with Gasteiger partial charge in [0.25, 0.3) is 0 Å². The van der Waals surface area contributed by atoms with Gasteiger partial charge in [-0.25, -0.2) is 0 Å². The molecule has 0 saturated carbocycles. The Morgan fingerprint density at radius 3 is 2.62 bits per heavy atom. The van der Waals surface area contributed by atoms with Crippen molar-refractivity contribution < 1.29 is 0 Å². The Morgan fingerprint density at radius 2 is 2.04 bits per heavy atom. The lowest BCUT2D eigenvalue weighted by molar-refractivity contribution is 0.455. The van der Waals surface area contributed by atoms with E-state index in [-0.39, 0.29) is 0 Å². The molecule has 1 N–H and O–H groups in total. The van der Waals surface area contributed by atoms with E-state index in [0.717, 1.165) is 38.3 Å². The van der Waals surface area contributed by atoms with Crippen molar-refractivity contribution in [3.63, 3.8) is 0 Å². The van der Waals surface area contributed by atoms with Crippen molar-refractivity contribution in [3.8, 4) is 0 Å². The van der Waals surface area contributed by atoms with E-state index in [1.807, 2.05) is 24.9 Å². The van der Waals surface area contributed by atoms with Gasteiger partial charge in [-0.3, -0.25) is 9.67 Å². The van der Waals surface area contributed by atoms with Gasteiger partial charge in [-0.05, 0) is 32.1 Å². The average molecular weight is 334 g/mol. The highest BCUT2D eigenvalue weighted by atomic mass is 15.3. The largest absolute Gasteiger partial charge is 0.352 e. The summed E-state index contributed by atoms with van der Waals surface area (Å²) in [4.78, 5) is 6.63. The molecule has 5 nitrogen and oxygen atoms in total. The van der Waals surface area contributed by atoms with Crippen LogP contribution in [0.5, 0.6) is 0 Å². The number of unbranched alkanes of at least 4 members (excludes halogenated alkanes) is 3. The Hall–Kier alpha value is -1.78. The molecule has 0 fully saturated rings. The van der Waals surface area contributed by atoms with Crippen molar-refractivity contribution in [1.82, 2.24) is 20.0 Å². The van der Waals surface area contributed by atoms with Crippen LogP contribution in [0.1, 0.15) is 56.5 Å². The first-order valence-electron chi connectivity index (χ1n) is 9.15. The number of aromatic nitrogens is 2. The fourth-order valence-corrected chi connectivity index (χ4v) is 3.07. The zero-order chi connectivity index (χ0) is 17.9. The molecule has 0 aromatic carbocycles. The van der Waals surface area contributed by atoms with Crippen molar-refractivity contribution in [2.24, 2.45) is 12.0 Å². The first-order valence-corrected chi connectivity index (χ1v) is 9.15. The van der Waals surface area contributed by atoms with Gasteiger partial charge >= 0.3 is 0 Å². The number of aryl methyl sites for hydroxylation is 2. The van der Waals surface area contributed by atoms with E-state index in [9.17, 15) is 0 Å². The number of allylic oxidation sites excluding steroid dienone is 1. The van der Waals surface area contributed by atoms with Crippen LogP contribution in [0.25, 0.3) is 0 Å². The summed E-state index contributed by atoms with van der Waals surface area (Å²) in [5.74, 6) is 0.951. The molecule has 0 saturated heterocycles. The van der Waals surface area contributed by atoms with Crippen molar-refractivity contribution in [2.45, 2.75) is 58.9 Å². The molecule has 136 valence electrons. The maximum atomic E-state index is 4.64. The quantitative estimate of drug-likeness (QED) is 0.309. The predicted molar refractivity (Wildman–Crippen MR) is 103 cm³/mol. The zero-order valence-electron chi connectivity index (χ0n) is 16.2. The molecule has 0 aliphatic carbocycles. The summed E-state index contributed by atoms with van der Waals surface area (Å²) in [6.45, 7) is 9.92. The Labute approximate surface area is 147 Å². The van der Waals surface area contributed by atoms with E-state index in [1.54, 1.807) is 0 Å². The van der Waals surface area contributed by atoms with Crippen LogP contribution in [0.3, 0.4) is 0 Å². The second kappa shape index (κ2) is 10.9. The molecule has 0 unspecified atom stereocenters. The molecule has 0 radical (unpaired) electrons. The lowest BCUT2D eigenvalue weighted by Crippen LogP contribution is -2.39. The lowest BCUT2D eigenvalue weighted by atomic mass is 10.1. The minimum atomic E-state index is 0.785. The Bertz CT molecular complexity index is 530. The van der Waals surface area contributed by atoms with Crippen LogP contribution in [-0.2, 0) is 26.4 Å². The van der Waals surface area contributed by atoms with E-state index in [4.69, 9.17) is 0 Å². The molecule has 1 rings (SSSR count). The lowest BCUT2D eigenvalue weighted by Gasteiger charge is -2.22. The summed E-state index contributed by atoms with van der Waals surface area (Å²) in [7, 11) is 5.99. The van der Waals surface area contributed by atoms with E-state index < -0.39 is 0 Å². The smallest absolute Gasteiger partial charge is 0.193 e. The SMILES string of the molecule is C=CCCCCCN(C)C(=NC)NCc1c(CC)nn(C)c1CC.